The number of aliphatic carboxylic acids is 1. The Bertz CT molecular complexity index is 1050. The highest BCUT2D eigenvalue weighted by Gasteiger charge is 2.29. The van der Waals surface area contributed by atoms with E-state index in [1.165, 1.54) is 0 Å². The average molecular weight is 449 g/mol. The van der Waals surface area contributed by atoms with Gasteiger partial charge in [-0.2, -0.15) is 0 Å². The molecular weight excluding hydrogens is 420 g/mol. The van der Waals surface area contributed by atoms with Crippen LogP contribution in [0, 0.1) is 0 Å². The molecule has 0 fully saturated rings. The van der Waals surface area contributed by atoms with Crippen molar-refractivity contribution in [3.05, 3.63) is 71.3 Å². The first-order valence-corrected chi connectivity index (χ1v) is 11.3. The van der Waals surface area contributed by atoms with E-state index in [0.29, 0.717) is 24.8 Å². The Morgan fingerprint density at radius 2 is 1.70 bits per heavy atom. The minimum Gasteiger partial charge on any atom is -0.478 e. The van der Waals surface area contributed by atoms with E-state index in [1.54, 1.807) is 6.08 Å². The molecule has 33 heavy (non-hydrogen) atoms. The lowest BCUT2D eigenvalue weighted by Gasteiger charge is -2.20. The van der Waals surface area contributed by atoms with Crippen LogP contribution in [0.25, 0.3) is 11.1 Å². The van der Waals surface area contributed by atoms with Crippen LogP contribution in [0.4, 0.5) is 4.79 Å². The van der Waals surface area contributed by atoms with Gasteiger partial charge in [-0.1, -0.05) is 61.5 Å². The normalized spacial score (nSPS) is 17.5. The molecule has 4 rings (SSSR count). The zero-order chi connectivity index (χ0) is 23.4. The van der Waals surface area contributed by atoms with Crippen molar-refractivity contribution in [1.82, 2.24) is 10.6 Å². The number of amides is 2. The number of nitrogens with one attached hydrogen (secondary N) is 2. The number of carboxylic acid groups (broad SMARTS) is 1. The maximum absolute atomic E-state index is 12.5. The van der Waals surface area contributed by atoms with Crippen LogP contribution in [0.3, 0.4) is 0 Å². The van der Waals surface area contributed by atoms with E-state index < -0.39 is 12.1 Å². The minimum absolute atomic E-state index is 0.0233. The molecule has 0 saturated carbocycles. The summed E-state index contributed by atoms with van der Waals surface area (Å²) in [6.45, 7) is 2.11. The number of fused-ring (bicyclic) bond motifs is 3. The number of benzene rings is 2. The monoisotopic (exact) mass is 448 g/mol. The van der Waals surface area contributed by atoms with Crippen LogP contribution in [0.5, 0.6) is 0 Å². The molecule has 3 N–H and O–H groups in total. The third-order valence-electron chi connectivity index (χ3n) is 6.35. The molecule has 0 saturated heterocycles. The third kappa shape index (κ3) is 5.08. The second kappa shape index (κ2) is 9.90. The Hall–Kier alpha value is -3.61. The Morgan fingerprint density at radius 1 is 1.06 bits per heavy atom. The summed E-state index contributed by atoms with van der Waals surface area (Å²) < 4.78 is 5.57. The Balaban J connectivity index is 1.29. The van der Waals surface area contributed by atoms with Crippen molar-refractivity contribution in [1.29, 1.82) is 0 Å². The second-order valence-corrected chi connectivity index (χ2v) is 8.52. The highest BCUT2D eigenvalue weighted by molar-refractivity contribution is 5.87. The highest BCUT2D eigenvalue weighted by Crippen LogP contribution is 2.44. The van der Waals surface area contributed by atoms with E-state index in [0.717, 1.165) is 22.3 Å². The number of rotatable bonds is 8. The first-order valence-electron chi connectivity index (χ1n) is 11.3. The van der Waals surface area contributed by atoms with Crippen molar-refractivity contribution in [2.75, 3.05) is 6.61 Å². The third-order valence-corrected chi connectivity index (χ3v) is 6.35. The van der Waals surface area contributed by atoms with Crippen LogP contribution >= 0.6 is 0 Å². The van der Waals surface area contributed by atoms with Crippen LogP contribution in [-0.2, 0) is 14.3 Å². The van der Waals surface area contributed by atoms with Gasteiger partial charge in [0.05, 0.1) is 0 Å². The number of carboxylic acids is 1. The van der Waals surface area contributed by atoms with Crippen molar-refractivity contribution in [2.45, 2.75) is 50.6 Å². The van der Waals surface area contributed by atoms with Gasteiger partial charge in [0, 0.05) is 30.0 Å². The van der Waals surface area contributed by atoms with E-state index in [-0.39, 0.29) is 36.9 Å². The average Bonchev–Trinajstić information content (AvgIpc) is 3.40. The van der Waals surface area contributed by atoms with Gasteiger partial charge in [-0.15, -0.1) is 0 Å². The zero-order valence-corrected chi connectivity index (χ0v) is 18.5. The molecule has 0 radical (unpaired) electrons. The molecule has 2 aliphatic carbocycles. The summed E-state index contributed by atoms with van der Waals surface area (Å²) in [5, 5.41) is 14.7. The zero-order valence-electron chi connectivity index (χ0n) is 18.5. The smallest absolute Gasteiger partial charge is 0.407 e. The van der Waals surface area contributed by atoms with Crippen molar-refractivity contribution >= 4 is 18.0 Å². The topological polar surface area (TPSA) is 105 Å². The largest absolute Gasteiger partial charge is 0.478 e. The number of ether oxygens (including phenoxy) is 1. The summed E-state index contributed by atoms with van der Waals surface area (Å²) in [6.07, 6.45) is 2.59. The van der Waals surface area contributed by atoms with Gasteiger partial charge in [0.15, 0.2) is 0 Å². The lowest BCUT2D eigenvalue weighted by atomic mass is 9.98. The van der Waals surface area contributed by atoms with Crippen molar-refractivity contribution in [3.63, 3.8) is 0 Å². The summed E-state index contributed by atoms with van der Waals surface area (Å²) in [7, 11) is 0. The van der Waals surface area contributed by atoms with E-state index in [4.69, 9.17) is 9.84 Å². The molecule has 1 unspecified atom stereocenters. The van der Waals surface area contributed by atoms with Crippen LogP contribution in [0.2, 0.25) is 0 Å². The van der Waals surface area contributed by atoms with Crippen LogP contribution in [0.15, 0.2) is 60.2 Å². The van der Waals surface area contributed by atoms with Crippen molar-refractivity contribution in [2.24, 2.45) is 0 Å². The predicted octanol–water partition coefficient (Wildman–Crippen LogP) is 3.98. The standard InChI is InChI=1S/C26H28N2O5/c1-2-17(14-24(29)27-18-12-11-16(13-18)25(30)31)28-26(32)33-15-23-21-9-5-3-7-19(21)20-8-4-6-10-22(20)23/h3-11,17-18,23H,2,12-15H2,1H3,(H,27,29)(H,28,32)(H,30,31)/t17-,18?/m0/s1. The van der Waals surface area contributed by atoms with Gasteiger partial charge < -0.3 is 20.5 Å². The molecule has 0 spiro atoms. The highest BCUT2D eigenvalue weighted by atomic mass is 16.5. The number of hydrogen-bond acceptors (Lipinski definition) is 4. The molecule has 0 heterocycles. The first kappa shape index (κ1) is 22.6. The van der Waals surface area contributed by atoms with E-state index >= 15 is 0 Å². The predicted molar refractivity (Wildman–Crippen MR) is 124 cm³/mol. The second-order valence-electron chi connectivity index (χ2n) is 8.52. The Labute approximate surface area is 192 Å². The number of alkyl carbamates (subject to hydrolysis) is 1. The molecule has 172 valence electrons. The fraction of sp³-hybridized carbons (Fsp3) is 0.346. The van der Waals surface area contributed by atoms with E-state index in [1.807, 2.05) is 31.2 Å². The summed E-state index contributed by atoms with van der Waals surface area (Å²) in [6, 6.07) is 15.7. The minimum atomic E-state index is -0.949. The van der Waals surface area contributed by atoms with Gasteiger partial charge in [-0.25, -0.2) is 9.59 Å². The number of carbonyl (C=O) groups excluding carboxylic acids is 2. The van der Waals surface area contributed by atoms with Crippen molar-refractivity contribution < 1.29 is 24.2 Å². The maximum atomic E-state index is 12.5. The van der Waals surface area contributed by atoms with Gasteiger partial charge >= 0.3 is 12.1 Å². The molecule has 2 atom stereocenters. The van der Waals surface area contributed by atoms with Crippen LogP contribution in [-0.4, -0.2) is 41.8 Å². The van der Waals surface area contributed by atoms with Gasteiger partial charge in [-0.05, 0) is 41.5 Å². The van der Waals surface area contributed by atoms with E-state index in [2.05, 4.69) is 34.9 Å². The van der Waals surface area contributed by atoms with E-state index in [9.17, 15) is 14.4 Å². The summed E-state index contributed by atoms with van der Waals surface area (Å²) in [5.41, 5.74) is 4.94. The fourth-order valence-electron chi connectivity index (χ4n) is 4.62. The molecule has 2 aromatic rings. The molecule has 2 aromatic carbocycles. The quantitative estimate of drug-likeness (QED) is 0.567. The van der Waals surface area contributed by atoms with Gasteiger partial charge in [0.2, 0.25) is 5.91 Å². The lowest BCUT2D eigenvalue weighted by Crippen LogP contribution is -2.41. The van der Waals surface area contributed by atoms with Gasteiger partial charge in [0.1, 0.15) is 6.61 Å². The molecule has 7 nitrogen and oxygen atoms in total. The number of hydrogen-bond donors (Lipinski definition) is 3. The molecule has 0 aromatic heterocycles. The lowest BCUT2D eigenvalue weighted by molar-refractivity contribution is -0.133. The van der Waals surface area contributed by atoms with Crippen LogP contribution in [0.1, 0.15) is 49.7 Å². The fourth-order valence-corrected chi connectivity index (χ4v) is 4.62. The molecule has 0 aliphatic heterocycles. The first-order chi connectivity index (χ1) is 16.0. The summed E-state index contributed by atoms with van der Waals surface area (Å²) in [4.78, 5) is 35.9. The summed E-state index contributed by atoms with van der Waals surface area (Å²) >= 11 is 0. The van der Waals surface area contributed by atoms with Crippen molar-refractivity contribution in [3.8, 4) is 11.1 Å². The maximum Gasteiger partial charge on any atom is 0.407 e. The Morgan fingerprint density at radius 3 is 2.27 bits per heavy atom. The molecular formula is C26H28N2O5. The Kier molecular flexibility index (Phi) is 6.77. The van der Waals surface area contributed by atoms with Gasteiger partial charge in [-0.3, -0.25) is 4.79 Å². The molecule has 0 bridgehead atoms. The van der Waals surface area contributed by atoms with Gasteiger partial charge in [0.25, 0.3) is 0 Å². The summed E-state index contributed by atoms with van der Waals surface area (Å²) in [5.74, 6) is -1.19. The molecule has 7 heteroatoms. The molecule has 2 amide bonds. The SMILES string of the molecule is CC[C@@H](CC(=O)NC1CC=C(C(=O)O)C1)NC(=O)OCC1c2ccccc2-c2ccccc21. The van der Waals surface area contributed by atoms with Crippen LogP contribution < -0.4 is 10.6 Å². The number of carbonyl (C=O) groups is 3. The molecule has 2 aliphatic rings.